The number of hydrogen-bond acceptors (Lipinski definition) is 2. The van der Waals surface area contributed by atoms with Crippen molar-refractivity contribution in [2.24, 2.45) is 16.8 Å². The van der Waals surface area contributed by atoms with Crippen LogP contribution in [0.3, 0.4) is 0 Å². The first-order valence-electron chi connectivity index (χ1n) is 5.14. The Kier molecular flexibility index (Phi) is 2.01. The zero-order chi connectivity index (χ0) is 10.3. The second kappa shape index (κ2) is 2.97. The molecule has 1 aliphatic heterocycles. The lowest BCUT2D eigenvalue weighted by Gasteiger charge is -2.44. The Hall–Kier alpha value is -1.06. The van der Waals surface area contributed by atoms with Crippen molar-refractivity contribution in [1.82, 2.24) is 10.6 Å². The van der Waals surface area contributed by atoms with Crippen molar-refractivity contribution in [3.63, 3.8) is 0 Å². The van der Waals surface area contributed by atoms with Crippen molar-refractivity contribution < 1.29 is 4.79 Å². The van der Waals surface area contributed by atoms with Crippen LogP contribution in [0.25, 0.3) is 0 Å². The zero-order valence-electron chi connectivity index (χ0n) is 8.92. The first kappa shape index (κ1) is 9.49. The van der Waals surface area contributed by atoms with Crippen LogP contribution in [0.15, 0.2) is 4.99 Å². The highest BCUT2D eigenvalue weighted by Gasteiger charge is 2.54. The third-order valence-electron chi connectivity index (χ3n) is 3.41. The number of aliphatic imine (C=N–C) groups is 1. The second-order valence-electron chi connectivity index (χ2n) is 4.65. The fourth-order valence-corrected chi connectivity index (χ4v) is 2.25. The van der Waals surface area contributed by atoms with E-state index in [9.17, 15) is 4.79 Å². The van der Waals surface area contributed by atoms with Gasteiger partial charge in [-0.25, -0.2) is 0 Å². The summed E-state index contributed by atoms with van der Waals surface area (Å²) in [6.45, 7) is 4.42. The summed E-state index contributed by atoms with van der Waals surface area (Å²) in [7, 11) is 1.68. The molecule has 1 amide bonds. The third kappa shape index (κ3) is 1.21. The Morgan fingerprint density at radius 2 is 2.14 bits per heavy atom. The maximum absolute atomic E-state index is 11.7. The highest BCUT2D eigenvalue weighted by Crippen LogP contribution is 2.43. The molecule has 0 aromatic carbocycles. The van der Waals surface area contributed by atoms with Crippen molar-refractivity contribution in [2.75, 3.05) is 7.05 Å². The van der Waals surface area contributed by atoms with Crippen LogP contribution in [-0.2, 0) is 4.79 Å². The number of carbonyl (C=O) groups excluding carboxylic acids is 1. The van der Waals surface area contributed by atoms with Crippen molar-refractivity contribution in [3.8, 4) is 0 Å². The number of hydrogen-bond donors (Lipinski definition) is 2. The summed E-state index contributed by atoms with van der Waals surface area (Å²) in [4.78, 5) is 15.6. The number of carbonyl (C=O) groups is 1. The molecule has 2 rings (SSSR count). The molecule has 1 saturated heterocycles. The van der Waals surface area contributed by atoms with E-state index in [0.29, 0.717) is 17.8 Å². The molecule has 1 spiro atoms. The molecule has 0 atom stereocenters. The largest absolute Gasteiger partial charge is 0.342 e. The van der Waals surface area contributed by atoms with Gasteiger partial charge in [0.05, 0.1) is 0 Å². The topological polar surface area (TPSA) is 53.5 Å². The van der Waals surface area contributed by atoms with Crippen LogP contribution in [0.4, 0.5) is 0 Å². The predicted molar refractivity (Wildman–Crippen MR) is 54.9 cm³/mol. The average Bonchev–Trinajstić information content (AvgIpc) is 2.39. The first-order chi connectivity index (χ1) is 6.57. The van der Waals surface area contributed by atoms with Crippen molar-refractivity contribution in [1.29, 1.82) is 0 Å². The molecule has 0 aromatic rings. The quantitative estimate of drug-likeness (QED) is 0.640. The van der Waals surface area contributed by atoms with Crippen molar-refractivity contribution in [2.45, 2.75) is 32.2 Å². The SMILES string of the molecule is CN=C1NC(=O)C2(CC(C(C)C)C2)N1. The van der Waals surface area contributed by atoms with Crippen LogP contribution in [0.2, 0.25) is 0 Å². The lowest BCUT2D eigenvalue weighted by Crippen LogP contribution is -2.58. The van der Waals surface area contributed by atoms with Gasteiger partial charge in [-0.15, -0.1) is 0 Å². The zero-order valence-corrected chi connectivity index (χ0v) is 8.92. The van der Waals surface area contributed by atoms with E-state index in [4.69, 9.17) is 0 Å². The highest BCUT2D eigenvalue weighted by molar-refractivity contribution is 6.09. The van der Waals surface area contributed by atoms with E-state index < -0.39 is 0 Å². The van der Waals surface area contributed by atoms with Gasteiger partial charge in [0.1, 0.15) is 5.54 Å². The minimum atomic E-state index is -0.330. The van der Waals surface area contributed by atoms with Crippen LogP contribution < -0.4 is 10.6 Å². The molecule has 4 nitrogen and oxygen atoms in total. The molecule has 78 valence electrons. The van der Waals surface area contributed by atoms with Gasteiger partial charge in [0.25, 0.3) is 5.91 Å². The molecule has 1 saturated carbocycles. The van der Waals surface area contributed by atoms with Crippen molar-refractivity contribution in [3.05, 3.63) is 0 Å². The summed E-state index contributed by atoms with van der Waals surface area (Å²) in [5, 5.41) is 5.93. The Labute approximate surface area is 84.2 Å². The molecule has 1 aliphatic carbocycles. The van der Waals surface area contributed by atoms with Gasteiger partial charge in [-0.1, -0.05) is 13.8 Å². The van der Waals surface area contributed by atoms with Gasteiger partial charge in [-0.05, 0) is 24.7 Å². The molecule has 0 aromatic heterocycles. The van der Waals surface area contributed by atoms with Gasteiger partial charge in [0, 0.05) is 7.05 Å². The number of nitrogens with one attached hydrogen (secondary N) is 2. The van der Waals surface area contributed by atoms with Crippen LogP contribution in [0, 0.1) is 11.8 Å². The van der Waals surface area contributed by atoms with E-state index in [0.717, 1.165) is 12.8 Å². The van der Waals surface area contributed by atoms with Gasteiger partial charge in [-0.3, -0.25) is 15.1 Å². The molecule has 4 heteroatoms. The number of nitrogens with zero attached hydrogens (tertiary/aromatic N) is 1. The molecule has 14 heavy (non-hydrogen) atoms. The van der Waals surface area contributed by atoms with E-state index in [1.54, 1.807) is 7.05 Å². The Bertz CT molecular complexity index is 290. The van der Waals surface area contributed by atoms with Crippen LogP contribution in [0.5, 0.6) is 0 Å². The summed E-state index contributed by atoms with van der Waals surface area (Å²) < 4.78 is 0. The molecule has 1 heterocycles. The van der Waals surface area contributed by atoms with E-state index in [1.807, 2.05) is 0 Å². The van der Waals surface area contributed by atoms with Gasteiger partial charge in [0.15, 0.2) is 5.96 Å². The summed E-state index contributed by atoms with van der Waals surface area (Å²) >= 11 is 0. The Balaban J connectivity index is 2.04. The van der Waals surface area contributed by atoms with Crippen LogP contribution in [0.1, 0.15) is 26.7 Å². The molecule has 0 bridgehead atoms. The second-order valence-corrected chi connectivity index (χ2v) is 4.65. The molecule has 0 radical (unpaired) electrons. The highest BCUT2D eigenvalue weighted by atomic mass is 16.2. The van der Waals surface area contributed by atoms with Crippen molar-refractivity contribution >= 4 is 11.9 Å². The van der Waals surface area contributed by atoms with Crippen LogP contribution >= 0.6 is 0 Å². The predicted octanol–water partition coefficient (Wildman–Crippen LogP) is 0.496. The molecular weight excluding hydrogens is 178 g/mol. The normalized spacial score (nSPS) is 38.7. The maximum atomic E-state index is 11.7. The van der Waals surface area contributed by atoms with E-state index in [1.165, 1.54) is 0 Å². The summed E-state index contributed by atoms with van der Waals surface area (Å²) in [5.74, 6) is 2.05. The third-order valence-corrected chi connectivity index (χ3v) is 3.41. The molecular formula is C10H17N3O. The molecule has 2 N–H and O–H groups in total. The minimum absolute atomic E-state index is 0.0926. The van der Waals surface area contributed by atoms with Gasteiger partial charge in [0.2, 0.25) is 0 Å². The number of guanidine groups is 1. The maximum Gasteiger partial charge on any atom is 0.252 e. The van der Waals surface area contributed by atoms with Gasteiger partial charge >= 0.3 is 0 Å². The lowest BCUT2D eigenvalue weighted by molar-refractivity contribution is -0.129. The van der Waals surface area contributed by atoms with Gasteiger partial charge in [-0.2, -0.15) is 0 Å². The number of amides is 1. The summed E-state index contributed by atoms with van der Waals surface area (Å²) in [5.41, 5.74) is -0.330. The smallest absolute Gasteiger partial charge is 0.252 e. The lowest BCUT2D eigenvalue weighted by atomic mass is 9.64. The fourth-order valence-electron chi connectivity index (χ4n) is 2.25. The monoisotopic (exact) mass is 195 g/mol. The first-order valence-corrected chi connectivity index (χ1v) is 5.14. The van der Waals surface area contributed by atoms with Gasteiger partial charge < -0.3 is 5.32 Å². The Morgan fingerprint density at radius 1 is 1.50 bits per heavy atom. The molecule has 2 aliphatic rings. The average molecular weight is 195 g/mol. The fraction of sp³-hybridized carbons (Fsp3) is 0.800. The number of rotatable bonds is 1. The minimum Gasteiger partial charge on any atom is -0.342 e. The molecule has 2 fully saturated rings. The van der Waals surface area contributed by atoms with Crippen LogP contribution in [-0.4, -0.2) is 24.5 Å². The standard InChI is InChI=1S/C10H17N3O/c1-6(2)7-4-10(5-7)8(14)12-9(11-3)13-10/h6-7H,4-5H2,1-3H3,(H2,11,12,13,14). The Morgan fingerprint density at radius 3 is 2.57 bits per heavy atom. The van der Waals surface area contributed by atoms with E-state index in [2.05, 4.69) is 29.5 Å². The summed E-state index contributed by atoms with van der Waals surface area (Å²) in [6.07, 6.45) is 1.88. The summed E-state index contributed by atoms with van der Waals surface area (Å²) in [6, 6.07) is 0. The van der Waals surface area contributed by atoms with E-state index in [-0.39, 0.29) is 11.4 Å². The van der Waals surface area contributed by atoms with E-state index >= 15 is 0 Å². The molecule has 0 unspecified atom stereocenters.